The van der Waals surface area contributed by atoms with E-state index >= 15 is 0 Å². The van der Waals surface area contributed by atoms with Crippen LogP contribution in [0.15, 0.2) is 11.0 Å². The molecular formula is C20H28N6O2. The molecule has 4 rings (SSSR count). The predicted molar refractivity (Wildman–Crippen MR) is 110 cm³/mol. The highest BCUT2D eigenvalue weighted by molar-refractivity contribution is 5.93. The van der Waals surface area contributed by atoms with Crippen LogP contribution in [0.25, 0.3) is 11.0 Å². The van der Waals surface area contributed by atoms with Crippen molar-refractivity contribution in [2.75, 3.05) is 23.7 Å². The minimum Gasteiger partial charge on any atom is -0.398 e. The fraction of sp³-hybridized carbons (Fsp3) is 0.600. The Balaban J connectivity index is 1.89. The number of nitrogens with zero attached hydrogens (tertiary/aromatic N) is 4. The maximum atomic E-state index is 13.0. The Morgan fingerprint density at radius 3 is 2.57 bits per heavy atom. The summed E-state index contributed by atoms with van der Waals surface area (Å²) in [6.07, 6.45) is 7.51. The molecule has 8 heteroatoms. The molecule has 8 nitrogen and oxygen atoms in total. The van der Waals surface area contributed by atoms with E-state index in [4.69, 9.17) is 10.7 Å². The molecule has 28 heavy (non-hydrogen) atoms. The molecule has 2 aromatic rings. The monoisotopic (exact) mass is 384 g/mol. The Morgan fingerprint density at radius 2 is 1.93 bits per heavy atom. The second kappa shape index (κ2) is 7.50. The highest BCUT2D eigenvalue weighted by atomic mass is 16.2. The van der Waals surface area contributed by atoms with Crippen molar-refractivity contribution in [2.45, 2.75) is 64.5 Å². The molecule has 3 N–H and O–H groups in total. The molecule has 1 aliphatic carbocycles. The molecule has 3 heterocycles. The number of aromatic nitrogens is 3. The number of rotatable bonds is 3. The van der Waals surface area contributed by atoms with E-state index in [2.05, 4.69) is 10.3 Å². The summed E-state index contributed by atoms with van der Waals surface area (Å²) < 4.78 is 1.79. The van der Waals surface area contributed by atoms with Gasteiger partial charge in [0.15, 0.2) is 5.65 Å². The lowest BCUT2D eigenvalue weighted by Gasteiger charge is -2.32. The van der Waals surface area contributed by atoms with Gasteiger partial charge in [-0.15, -0.1) is 0 Å². The molecule has 1 saturated heterocycles. The third-order valence-corrected chi connectivity index (χ3v) is 6.14. The number of hydrogen-bond acceptors (Lipinski definition) is 6. The van der Waals surface area contributed by atoms with E-state index in [1.807, 2.05) is 0 Å². The highest BCUT2D eigenvalue weighted by Gasteiger charge is 2.29. The van der Waals surface area contributed by atoms with Crippen LogP contribution in [-0.4, -0.2) is 39.6 Å². The Bertz CT molecular complexity index is 957. The van der Waals surface area contributed by atoms with Crippen molar-refractivity contribution in [3.63, 3.8) is 0 Å². The van der Waals surface area contributed by atoms with Gasteiger partial charge in [-0.2, -0.15) is 4.98 Å². The maximum Gasteiger partial charge on any atom is 0.257 e. The third kappa shape index (κ3) is 3.15. The number of nitrogens with two attached hydrogens (primary N) is 1. The lowest BCUT2D eigenvalue weighted by atomic mass is 10.1. The van der Waals surface area contributed by atoms with Crippen molar-refractivity contribution in [1.82, 2.24) is 19.9 Å². The molecule has 1 aliphatic heterocycles. The highest BCUT2D eigenvalue weighted by Crippen LogP contribution is 2.33. The first-order valence-electron chi connectivity index (χ1n) is 10.2. The van der Waals surface area contributed by atoms with E-state index in [1.54, 1.807) is 29.5 Å². The molecule has 0 radical (unpaired) electrons. The Morgan fingerprint density at radius 1 is 1.25 bits per heavy atom. The summed E-state index contributed by atoms with van der Waals surface area (Å²) in [7, 11) is 0. The first-order valence-corrected chi connectivity index (χ1v) is 10.2. The molecule has 0 spiro atoms. The van der Waals surface area contributed by atoms with Crippen LogP contribution in [0.4, 0.5) is 11.6 Å². The molecule has 0 aromatic carbocycles. The van der Waals surface area contributed by atoms with Gasteiger partial charge in [0.2, 0.25) is 11.9 Å². The van der Waals surface area contributed by atoms with Crippen molar-refractivity contribution >= 4 is 28.6 Å². The van der Waals surface area contributed by atoms with Gasteiger partial charge in [0.25, 0.3) is 5.56 Å². The second-order valence-corrected chi connectivity index (χ2v) is 7.93. The van der Waals surface area contributed by atoms with Gasteiger partial charge in [0, 0.05) is 30.8 Å². The molecular weight excluding hydrogens is 356 g/mol. The van der Waals surface area contributed by atoms with Gasteiger partial charge in [0.1, 0.15) is 0 Å². The molecule has 1 saturated carbocycles. The molecule has 2 aliphatic rings. The number of hydrogen-bond donors (Lipinski definition) is 2. The van der Waals surface area contributed by atoms with Gasteiger partial charge >= 0.3 is 0 Å². The van der Waals surface area contributed by atoms with Crippen molar-refractivity contribution in [2.24, 2.45) is 0 Å². The van der Waals surface area contributed by atoms with Crippen LogP contribution in [0, 0.1) is 6.92 Å². The van der Waals surface area contributed by atoms with Crippen LogP contribution in [-0.2, 0) is 4.79 Å². The van der Waals surface area contributed by atoms with Crippen LogP contribution in [0.2, 0.25) is 0 Å². The number of piperidine rings is 1. The minimum atomic E-state index is -0.0854. The van der Waals surface area contributed by atoms with E-state index in [-0.39, 0.29) is 23.6 Å². The van der Waals surface area contributed by atoms with Gasteiger partial charge in [-0.05, 0) is 45.7 Å². The first-order chi connectivity index (χ1) is 13.5. The van der Waals surface area contributed by atoms with Crippen LogP contribution < -0.4 is 21.5 Å². The summed E-state index contributed by atoms with van der Waals surface area (Å²) in [5.41, 5.74) is 7.66. The smallest absolute Gasteiger partial charge is 0.257 e. The lowest BCUT2D eigenvalue weighted by Crippen LogP contribution is -2.46. The van der Waals surface area contributed by atoms with Crippen LogP contribution in [0.3, 0.4) is 0 Å². The van der Waals surface area contributed by atoms with Gasteiger partial charge in [0.05, 0.1) is 11.1 Å². The van der Waals surface area contributed by atoms with Crippen molar-refractivity contribution in [1.29, 1.82) is 0 Å². The average molecular weight is 384 g/mol. The zero-order valence-corrected chi connectivity index (χ0v) is 16.6. The largest absolute Gasteiger partial charge is 0.398 e. The first kappa shape index (κ1) is 18.9. The van der Waals surface area contributed by atoms with Gasteiger partial charge in [-0.25, -0.2) is 4.98 Å². The number of carbonyl (C=O) groups is 1. The van der Waals surface area contributed by atoms with E-state index in [9.17, 15) is 9.59 Å². The van der Waals surface area contributed by atoms with Gasteiger partial charge < -0.3 is 11.1 Å². The van der Waals surface area contributed by atoms with Gasteiger partial charge in [-0.1, -0.05) is 12.8 Å². The standard InChI is InChI=1S/C20H28N6O2/c1-12-17(21)16-11-23-20(25(13(2)27)15-7-9-22-10-8-15)24-18(16)26(19(12)28)14-5-3-4-6-14/h11,14-15,22H,3-10,21H2,1-2H3. The predicted octanol–water partition coefficient (Wildman–Crippen LogP) is 1.90. The summed E-state index contributed by atoms with van der Waals surface area (Å²) >= 11 is 0. The van der Waals surface area contributed by atoms with Crippen LogP contribution in [0.1, 0.15) is 57.1 Å². The zero-order chi connectivity index (χ0) is 19.8. The van der Waals surface area contributed by atoms with E-state index < -0.39 is 0 Å². The van der Waals surface area contributed by atoms with Crippen molar-refractivity contribution in [3.8, 4) is 0 Å². The lowest BCUT2D eigenvalue weighted by molar-refractivity contribution is -0.117. The summed E-state index contributed by atoms with van der Waals surface area (Å²) in [5, 5.41) is 4.00. The summed E-state index contributed by atoms with van der Waals surface area (Å²) in [5.74, 6) is 0.280. The number of fused-ring (bicyclic) bond motifs is 1. The van der Waals surface area contributed by atoms with E-state index in [0.717, 1.165) is 51.6 Å². The second-order valence-electron chi connectivity index (χ2n) is 7.93. The fourth-order valence-corrected chi connectivity index (χ4v) is 4.57. The Labute approximate surface area is 164 Å². The van der Waals surface area contributed by atoms with Crippen LogP contribution in [0.5, 0.6) is 0 Å². The van der Waals surface area contributed by atoms with E-state index in [0.29, 0.717) is 28.2 Å². The topological polar surface area (TPSA) is 106 Å². The van der Waals surface area contributed by atoms with E-state index in [1.165, 1.54) is 0 Å². The quantitative estimate of drug-likeness (QED) is 0.837. The molecule has 150 valence electrons. The molecule has 2 fully saturated rings. The third-order valence-electron chi connectivity index (χ3n) is 6.14. The molecule has 0 bridgehead atoms. The molecule has 1 amide bonds. The van der Waals surface area contributed by atoms with Crippen molar-refractivity contribution < 1.29 is 4.79 Å². The Kier molecular flexibility index (Phi) is 5.05. The zero-order valence-electron chi connectivity index (χ0n) is 16.6. The summed E-state index contributed by atoms with van der Waals surface area (Å²) in [6.45, 7) is 5.03. The number of carbonyl (C=O) groups excluding carboxylic acids is 1. The SMILES string of the molecule is CC(=O)N(c1ncc2c(N)c(C)c(=O)n(C3CCCC3)c2n1)C1CCNCC1. The summed E-state index contributed by atoms with van der Waals surface area (Å²) in [6, 6.07) is 0.187. The maximum absolute atomic E-state index is 13.0. The number of nitrogens with one attached hydrogen (secondary N) is 1. The fourth-order valence-electron chi connectivity index (χ4n) is 4.57. The van der Waals surface area contributed by atoms with Gasteiger partial charge in [-0.3, -0.25) is 19.1 Å². The minimum absolute atomic E-state index is 0.0608. The van der Waals surface area contributed by atoms with Crippen molar-refractivity contribution in [3.05, 3.63) is 22.1 Å². The number of anilines is 2. The number of nitrogen functional groups attached to an aromatic ring is 1. The molecule has 2 aromatic heterocycles. The number of pyridine rings is 1. The average Bonchev–Trinajstić information content (AvgIpc) is 3.21. The number of amides is 1. The Hall–Kier alpha value is -2.48. The van der Waals surface area contributed by atoms with Crippen LogP contribution >= 0.6 is 0 Å². The molecule has 0 unspecified atom stereocenters. The normalized spacial score (nSPS) is 18.6. The molecule has 0 atom stereocenters. The summed E-state index contributed by atoms with van der Waals surface area (Å²) in [4.78, 5) is 36.4.